The van der Waals surface area contributed by atoms with Crippen LogP contribution in [0.2, 0.25) is 0 Å². The van der Waals surface area contributed by atoms with Crippen molar-refractivity contribution < 1.29 is 26.4 Å². The average molecular weight is 454 g/mol. The Morgan fingerprint density at radius 1 is 1.13 bits per heavy atom. The molecule has 0 bridgehead atoms. The molecule has 0 unspecified atom stereocenters. The van der Waals surface area contributed by atoms with E-state index in [4.69, 9.17) is 9.88 Å². The van der Waals surface area contributed by atoms with Crippen LogP contribution in [-0.4, -0.2) is 46.7 Å². The van der Waals surface area contributed by atoms with Crippen LogP contribution in [0, 0.1) is 6.92 Å². The zero-order chi connectivity index (χ0) is 22.1. The Hall–Kier alpha value is -2.47. The number of methoxy groups -OCH3 is 1. The van der Waals surface area contributed by atoms with Crippen molar-refractivity contribution in [3.8, 4) is 5.75 Å². The Morgan fingerprint density at radius 3 is 2.40 bits per heavy atom. The highest BCUT2D eigenvalue weighted by Crippen LogP contribution is 2.30. The number of hydrogen-bond acceptors (Lipinski definition) is 6. The molecule has 1 saturated heterocycles. The van der Waals surface area contributed by atoms with Crippen LogP contribution in [0.4, 0.5) is 5.69 Å². The van der Waals surface area contributed by atoms with Gasteiger partial charge in [0.2, 0.25) is 26.0 Å². The summed E-state index contributed by atoms with van der Waals surface area (Å²) in [6.07, 6.45) is 0.925. The topological polar surface area (TPSA) is 136 Å². The van der Waals surface area contributed by atoms with Gasteiger partial charge in [-0.2, -0.15) is 4.31 Å². The van der Waals surface area contributed by atoms with E-state index in [0.29, 0.717) is 29.8 Å². The predicted octanol–water partition coefficient (Wildman–Crippen LogP) is 1.44. The quantitative estimate of drug-likeness (QED) is 0.679. The summed E-state index contributed by atoms with van der Waals surface area (Å²) in [7, 11) is -6.31. The van der Waals surface area contributed by atoms with Gasteiger partial charge >= 0.3 is 0 Å². The molecule has 0 spiro atoms. The van der Waals surface area contributed by atoms with E-state index in [1.54, 1.807) is 19.1 Å². The number of nitrogens with two attached hydrogens (primary N) is 1. The molecule has 1 fully saturated rings. The summed E-state index contributed by atoms with van der Waals surface area (Å²) in [5, 5.41) is 7.71. The molecule has 162 valence electrons. The fourth-order valence-corrected chi connectivity index (χ4v) is 5.77. The maximum absolute atomic E-state index is 13.3. The second-order valence-electron chi connectivity index (χ2n) is 6.96. The number of benzene rings is 2. The first-order valence-electron chi connectivity index (χ1n) is 9.14. The largest absolute Gasteiger partial charge is 0.497 e. The van der Waals surface area contributed by atoms with Crippen molar-refractivity contribution in [3.63, 3.8) is 0 Å². The molecule has 0 saturated carbocycles. The van der Waals surface area contributed by atoms with Crippen molar-refractivity contribution in [2.45, 2.75) is 35.6 Å². The normalized spacial score (nSPS) is 17.6. The predicted molar refractivity (Wildman–Crippen MR) is 111 cm³/mol. The minimum Gasteiger partial charge on any atom is -0.497 e. The molecule has 0 aromatic heterocycles. The van der Waals surface area contributed by atoms with Crippen molar-refractivity contribution in [1.82, 2.24) is 4.31 Å². The molecule has 1 aliphatic heterocycles. The van der Waals surface area contributed by atoms with Crippen molar-refractivity contribution in [3.05, 3.63) is 48.0 Å². The Balaban J connectivity index is 1.83. The second kappa shape index (κ2) is 8.34. The standard InChI is InChI=1S/C19H23N3O6S2/c1-13-5-8-15(28-2)12-18(13)30(26,27)22-11-3-4-17(22)19(23)21-14-6-9-16(10-7-14)29(20,24)25/h5-10,12,17H,3-4,11H2,1-2H3,(H,21,23)(H2,20,24,25)/t17-/m0/s1. The van der Waals surface area contributed by atoms with Gasteiger partial charge in [-0.05, 0) is 55.7 Å². The fraction of sp³-hybridized carbons (Fsp3) is 0.316. The van der Waals surface area contributed by atoms with Crippen molar-refractivity contribution >= 4 is 31.6 Å². The summed E-state index contributed by atoms with van der Waals surface area (Å²) in [5.74, 6) is -0.0747. The zero-order valence-electron chi connectivity index (χ0n) is 16.5. The average Bonchev–Trinajstić information content (AvgIpc) is 3.19. The SMILES string of the molecule is COc1ccc(C)c(S(=O)(=O)N2CCC[C@H]2C(=O)Nc2ccc(S(N)(=O)=O)cc2)c1. The van der Waals surface area contributed by atoms with E-state index in [-0.39, 0.29) is 16.3 Å². The van der Waals surface area contributed by atoms with Crippen molar-refractivity contribution in [2.75, 3.05) is 19.0 Å². The number of anilines is 1. The molecule has 1 aliphatic rings. The molecule has 3 rings (SSSR count). The van der Waals surface area contributed by atoms with E-state index in [2.05, 4.69) is 5.32 Å². The number of nitrogens with one attached hydrogen (secondary N) is 1. The number of rotatable bonds is 6. The van der Waals surface area contributed by atoms with Gasteiger partial charge in [-0.15, -0.1) is 0 Å². The molecule has 1 heterocycles. The Bertz CT molecular complexity index is 1160. The first kappa shape index (κ1) is 22.2. The van der Waals surface area contributed by atoms with E-state index in [0.717, 1.165) is 0 Å². The van der Waals surface area contributed by atoms with Crippen LogP contribution < -0.4 is 15.2 Å². The molecular formula is C19H23N3O6S2. The van der Waals surface area contributed by atoms with E-state index >= 15 is 0 Å². The fourth-order valence-electron chi connectivity index (χ4n) is 3.35. The summed E-state index contributed by atoms with van der Waals surface area (Å²) >= 11 is 0. The minimum absolute atomic E-state index is 0.0842. The summed E-state index contributed by atoms with van der Waals surface area (Å²) < 4.78 is 55.5. The number of primary sulfonamides is 1. The maximum atomic E-state index is 13.3. The first-order chi connectivity index (χ1) is 14.0. The lowest BCUT2D eigenvalue weighted by molar-refractivity contribution is -0.119. The van der Waals surface area contributed by atoms with Gasteiger partial charge in [-0.1, -0.05) is 6.07 Å². The van der Waals surface area contributed by atoms with Gasteiger partial charge in [0.05, 0.1) is 16.9 Å². The van der Waals surface area contributed by atoms with Gasteiger partial charge in [0.1, 0.15) is 11.8 Å². The van der Waals surface area contributed by atoms with Gasteiger partial charge in [0.15, 0.2) is 0 Å². The second-order valence-corrected chi connectivity index (χ2v) is 10.4. The highest BCUT2D eigenvalue weighted by atomic mass is 32.2. The van der Waals surface area contributed by atoms with Crippen LogP contribution in [0.3, 0.4) is 0 Å². The number of sulfonamides is 2. The molecule has 2 aromatic rings. The van der Waals surface area contributed by atoms with Crippen LogP contribution in [0.25, 0.3) is 0 Å². The summed E-state index contributed by atoms with van der Waals surface area (Å²) in [6, 6.07) is 9.25. The van der Waals surface area contributed by atoms with Gasteiger partial charge in [-0.25, -0.2) is 22.0 Å². The van der Waals surface area contributed by atoms with Crippen LogP contribution in [0.5, 0.6) is 5.75 Å². The van der Waals surface area contributed by atoms with Gasteiger partial charge in [-0.3, -0.25) is 4.79 Å². The number of carbonyl (C=O) groups excluding carboxylic acids is 1. The van der Waals surface area contributed by atoms with Gasteiger partial charge in [0, 0.05) is 18.3 Å². The molecule has 2 aromatic carbocycles. The van der Waals surface area contributed by atoms with Gasteiger partial charge < -0.3 is 10.1 Å². The zero-order valence-corrected chi connectivity index (χ0v) is 18.2. The number of nitrogens with zero attached hydrogens (tertiary/aromatic N) is 1. The Morgan fingerprint density at radius 2 is 1.80 bits per heavy atom. The summed E-state index contributed by atoms with van der Waals surface area (Å²) in [6.45, 7) is 1.91. The Kier molecular flexibility index (Phi) is 6.18. The molecule has 0 aliphatic carbocycles. The molecule has 9 nitrogen and oxygen atoms in total. The third kappa shape index (κ3) is 4.48. The molecule has 11 heteroatoms. The highest BCUT2D eigenvalue weighted by molar-refractivity contribution is 7.89. The number of aryl methyl sites for hydroxylation is 1. The number of ether oxygens (including phenoxy) is 1. The van der Waals surface area contributed by atoms with Crippen LogP contribution in [0.15, 0.2) is 52.3 Å². The number of hydrogen-bond donors (Lipinski definition) is 2. The lowest BCUT2D eigenvalue weighted by Gasteiger charge is -2.24. The first-order valence-corrected chi connectivity index (χ1v) is 12.1. The van der Waals surface area contributed by atoms with Crippen LogP contribution >= 0.6 is 0 Å². The maximum Gasteiger partial charge on any atom is 0.244 e. The number of carbonyl (C=O) groups is 1. The van der Waals surface area contributed by atoms with Crippen LogP contribution in [0.1, 0.15) is 18.4 Å². The lowest BCUT2D eigenvalue weighted by atomic mass is 10.2. The minimum atomic E-state index is -3.92. The summed E-state index contributed by atoms with van der Waals surface area (Å²) in [5.41, 5.74) is 0.898. The molecular weight excluding hydrogens is 430 g/mol. The van der Waals surface area contributed by atoms with E-state index < -0.39 is 32.0 Å². The molecule has 3 N–H and O–H groups in total. The van der Waals surface area contributed by atoms with Crippen molar-refractivity contribution in [1.29, 1.82) is 0 Å². The number of amides is 1. The van der Waals surface area contributed by atoms with E-state index in [9.17, 15) is 21.6 Å². The third-order valence-electron chi connectivity index (χ3n) is 4.94. The lowest BCUT2D eigenvalue weighted by Crippen LogP contribution is -2.43. The molecule has 1 atom stereocenters. The van der Waals surface area contributed by atoms with E-state index in [1.165, 1.54) is 41.7 Å². The van der Waals surface area contributed by atoms with Crippen LogP contribution in [-0.2, 0) is 24.8 Å². The highest BCUT2D eigenvalue weighted by Gasteiger charge is 2.40. The Labute approximate surface area is 175 Å². The molecule has 0 radical (unpaired) electrons. The summed E-state index contributed by atoms with van der Waals surface area (Å²) in [4.78, 5) is 12.8. The third-order valence-corrected chi connectivity index (χ3v) is 7.92. The van der Waals surface area contributed by atoms with Gasteiger partial charge in [0.25, 0.3) is 0 Å². The van der Waals surface area contributed by atoms with Crippen molar-refractivity contribution in [2.24, 2.45) is 5.14 Å². The molecule has 30 heavy (non-hydrogen) atoms. The smallest absolute Gasteiger partial charge is 0.244 e. The molecule has 1 amide bonds. The van der Waals surface area contributed by atoms with E-state index in [1.807, 2.05) is 0 Å². The monoisotopic (exact) mass is 453 g/mol.